The SMILES string of the molecule is CNS(=O)(=O)c1cccc(NC(=O)/C=C/c2ccc3c(c2)OCO3)c1. The van der Waals surface area contributed by atoms with Crippen molar-refractivity contribution in [2.75, 3.05) is 19.2 Å². The zero-order chi connectivity index (χ0) is 17.9. The molecule has 1 aliphatic heterocycles. The maximum absolute atomic E-state index is 12.0. The molecule has 0 saturated carbocycles. The Morgan fingerprint density at radius 2 is 1.92 bits per heavy atom. The molecule has 1 amide bonds. The lowest BCUT2D eigenvalue weighted by Crippen LogP contribution is -2.18. The van der Waals surface area contributed by atoms with Crippen molar-refractivity contribution >= 4 is 27.7 Å². The summed E-state index contributed by atoms with van der Waals surface area (Å²) in [7, 11) is -2.23. The summed E-state index contributed by atoms with van der Waals surface area (Å²) in [6.07, 6.45) is 2.99. The van der Waals surface area contributed by atoms with Crippen molar-refractivity contribution in [2.45, 2.75) is 4.90 Å². The molecule has 0 aliphatic carbocycles. The molecule has 7 nitrogen and oxygen atoms in total. The van der Waals surface area contributed by atoms with E-state index < -0.39 is 10.0 Å². The van der Waals surface area contributed by atoms with Crippen LogP contribution in [0.3, 0.4) is 0 Å². The number of nitrogens with one attached hydrogen (secondary N) is 2. The molecule has 0 spiro atoms. The van der Waals surface area contributed by atoms with Gasteiger partial charge in [0.1, 0.15) is 0 Å². The number of rotatable bonds is 5. The first-order valence-electron chi connectivity index (χ1n) is 7.40. The summed E-state index contributed by atoms with van der Waals surface area (Å²) in [6.45, 7) is 0.189. The van der Waals surface area contributed by atoms with E-state index in [-0.39, 0.29) is 17.6 Å². The Morgan fingerprint density at radius 1 is 1.12 bits per heavy atom. The fourth-order valence-electron chi connectivity index (χ4n) is 2.23. The second-order valence-electron chi connectivity index (χ2n) is 5.17. The minimum Gasteiger partial charge on any atom is -0.454 e. The smallest absolute Gasteiger partial charge is 0.248 e. The molecule has 0 radical (unpaired) electrons. The number of benzene rings is 2. The van der Waals surface area contributed by atoms with Gasteiger partial charge >= 0.3 is 0 Å². The number of hydrogen-bond acceptors (Lipinski definition) is 5. The van der Waals surface area contributed by atoms with Crippen LogP contribution in [0, 0.1) is 0 Å². The van der Waals surface area contributed by atoms with Gasteiger partial charge in [-0.2, -0.15) is 0 Å². The van der Waals surface area contributed by atoms with Crippen molar-refractivity contribution in [3.63, 3.8) is 0 Å². The van der Waals surface area contributed by atoms with E-state index in [0.717, 1.165) is 5.56 Å². The number of carbonyl (C=O) groups is 1. The van der Waals surface area contributed by atoms with Crippen LogP contribution < -0.4 is 19.5 Å². The summed E-state index contributed by atoms with van der Waals surface area (Å²) in [6, 6.07) is 11.3. The van der Waals surface area contributed by atoms with E-state index in [1.165, 1.54) is 25.3 Å². The molecule has 130 valence electrons. The molecular formula is C17H16N2O5S. The molecule has 0 atom stereocenters. The predicted molar refractivity (Wildman–Crippen MR) is 92.9 cm³/mol. The van der Waals surface area contributed by atoms with Crippen LogP contribution in [0.4, 0.5) is 5.69 Å². The third-order valence-corrected chi connectivity index (χ3v) is 4.92. The third-order valence-electron chi connectivity index (χ3n) is 3.50. The van der Waals surface area contributed by atoms with E-state index in [9.17, 15) is 13.2 Å². The second kappa shape index (κ2) is 6.96. The van der Waals surface area contributed by atoms with Crippen LogP contribution in [0.2, 0.25) is 0 Å². The molecule has 8 heteroatoms. The van der Waals surface area contributed by atoms with Gasteiger partial charge in [-0.1, -0.05) is 12.1 Å². The van der Waals surface area contributed by atoms with E-state index in [4.69, 9.17) is 9.47 Å². The largest absolute Gasteiger partial charge is 0.454 e. The fraction of sp³-hybridized carbons (Fsp3) is 0.118. The molecular weight excluding hydrogens is 344 g/mol. The Bertz CT molecular complexity index is 938. The number of hydrogen-bond donors (Lipinski definition) is 2. The Morgan fingerprint density at radius 3 is 2.72 bits per heavy atom. The molecule has 0 bridgehead atoms. The molecule has 0 unspecified atom stereocenters. The Kier molecular flexibility index (Phi) is 4.73. The van der Waals surface area contributed by atoms with Crippen molar-refractivity contribution in [2.24, 2.45) is 0 Å². The van der Waals surface area contributed by atoms with Gasteiger partial charge < -0.3 is 14.8 Å². The van der Waals surface area contributed by atoms with Crippen LogP contribution in [0.1, 0.15) is 5.56 Å². The maximum Gasteiger partial charge on any atom is 0.248 e. The summed E-state index contributed by atoms with van der Waals surface area (Å²) < 4.78 is 36.3. The molecule has 0 fully saturated rings. The van der Waals surface area contributed by atoms with Gasteiger partial charge in [0.15, 0.2) is 11.5 Å². The zero-order valence-electron chi connectivity index (χ0n) is 13.4. The highest BCUT2D eigenvalue weighted by Gasteiger charge is 2.13. The lowest BCUT2D eigenvalue weighted by Gasteiger charge is -2.06. The maximum atomic E-state index is 12.0. The van der Waals surface area contributed by atoms with Crippen LogP contribution in [0.25, 0.3) is 6.08 Å². The Labute approximate surface area is 145 Å². The van der Waals surface area contributed by atoms with E-state index in [2.05, 4.69) is 10.0 Å². The lowest BCUT2D eigenvalue weighted by atomic mass is 10.2. The number of carbonyl (C=O) groups excluding carboxylic acids is 1. The van der Waals surface area contributed by atoms with Crippen molar-refractivity contribution in [3.05, 3.63) is 54.1 Å². The quantitative estimate of drug-likeness (QED) is 0.795. The number of ether oxygens (including phenoxy) is 2. The summed E-state index contributed by atoms with van der Waals surface area (Å²) in [5.41, 5.74) is 1.17. The first-order valence-corrected chi connectivity index (χ1v) is 8.88. The molecule has 2 aromatic carbocycles. The predicted octanol–water partition coefficient (Wildman–Crippen LogP) is 1.98. The molecule has 3 rings (SSSR count). The molecule has 2 N–H and O–H groups in total. The van der Waals surface area contributed by atoms with Crippen molar-refractivity contribution in [1.82, 2.24) is 4.72 Å². The zero-order valence-corrected chi connectivity index (χ0v) is 14.2. The van der Waals surface area contributed by atoms with Crippen LogP contribution in [-0.4, -0.2) is 28.2 Å². The van der Waals surface area contributed by atoms with Crippen molar-refractivity contribution in [3.8, 4) is 11.5 Å². The Hall–Kier alpha value is -2.84. The normalized spacial score (nSPS) is 13.2. The summed E-state index contributed by atoms with van der Waals surface area (Å²) in [5, 5.41) is 2.63. The molecule has 2 aromatic rings. The van der Waals surface area contributed by atoms with Gasteiger partial charge in [0.05, 0.1) is 4.90 Å². The standard InChI is InChI=1S/C17H16N2O5S/c1-18-25(21,22)14-4-2-3-13(10-14)19-17(20)8-6-12-5-7-15-16(9-12)24-11-23-15/h2-10,18H,11H2,1H3,(H,19,20)/b8-6+. The van der Waals surface area contributed by atoms with Gasteiger partial charge in [0.25, 0.3) is 0 Å². The molecule has 25 heavy (non-hydrogen) atoms. The topological polar surface area (TPSA) is 93.7 Å². The number of anilines is 1. The van der Waals surface area contributed by atoms with E-state index in [1.807, 2.05) is 0 Å². The van der Waals surface area contributed by atoms with Gasteiger partial charge in [0, 0.05) is 11.8 Å². The van der Waals surface area contributed by atoms with Crippen molar-refractivity contribution < 1.29 is 22.7 Å². The first kappa shape index (κ1) is 17.0. The molecule has 1 aliphatic rings. The summed E-state index contributed by atoms with van der Waals surface area (Å²) in [5.74, 6) is 0.924. The monoisotopic (exact) mass is 360 g/mol. The molecule has 1 heterocycles. The molecule has 0 aromatic heterocycles. The second-order valence-corrected chi connectivity index (χ2v) is 7.06. The van der Waals surface area contributed by atoms with Gasteiger partial charge in [-0.15, -0.1) is 0 Å². The molecule has 0 saturated heterocycles. The fourth-order valence-corrected chi connectivity index (χ4v) is 3.01. The Balaban J connectivity index is 1.69. The highest BCUT2D eigenvalue weighted by molar-refractivity contribution is 7.89. The van der Waals surface area contributed by atoms with Gasteiger partial charge in [-0.05, 0) is 49.0 Å². The average Bonchev–Trinajstić information content (AvgIpc) is 3.08. The number of amides is 1. The van der Waals surface area contributed by atoms with E-state index in [0.29, 0.717) is 17.2 Å². The van der Waals surface area contributed by atoms with E-state index in [1.54, 1.807) is 36.4 Å². The minimum absolute atomic E-state index is 0.0764. The lowest BCUT2D eigenvalue weighted by molar-refractivity contribution is -0.111. The van der Waals surface area contributed by atoms with Crippen LogP contribution in [-0.2, 0) is 14.8 Å². The minimum atomic E-state index is -3.56. The average molecular weight is 360 g/mol. The van der Waals surface area contributed by atoms with Gasteiger partial charge in [0.2, 0.25) is 22.7 Å². The third kappa shape index (κ3) is 3.98. The number of fused-ring (bicyclic) bond motifs is 1. The van der Waals surface area contributed by atoms with E-state index >= 15 is 0 Å². The highest BCUT2D eigenvalue weighted by atomic mass is 32.2. The summed E-state index contributed by atoms with van der Waals surface area (Å²) in [4.78, 5) is 12.1. The van der Waals surface area contributed by atoms with Crippen LogP contribution in [0.5, 0.6) is 11.5 Å². The van der Waals surface area contributed by atoms with Crippen LogP contribution >= 0.6 is 0 Å². The highest BCUT2D eigenvalue weighted by Crippen LogP contribution is 2.32. The van der Waals surface area contributed by atoms with Gasteiger partial charge in [-0.3, -0.25) is 4.79 Å². The first-order chi connectivity index (χ1) is 12.0. The van der Waals surface area contributed by atoms with Crippen molar-refractivity contribution in [1.29, 1.82) is 0 Å². The summed E-state index contributed by atoms with van der Waals surface area (Å²) >= 11 is 0. The number of sulfonamides is 1. The van der Waals surface area contributed by atoms with Gasteiger partial charge in [-0.25, -0.2) is 13.1 Å². The van der Waals surface area contributed by atoms with Crippen LogP contribution in [0.15, 0.2) is 53.4 Å².